The predicted octanol–water partition coefficient (Wildman–Crippen LogP) is 2.88. The highest BCUT2D eigenvalue weighted by Crippen LogP contribution is 2.35. The molecule has 0 aliphatic heterocycles. The third-order valence-electron chi connectivity index (χ3n) is 2.53. The van der Waals surface area contributed by atoms with Gasteiger partial charge in [-0.2, -0.15) is 22.0 Å². The van der Waals surface area contributed by atoms with Crippen LogP contribution in [0.2, 0.25) is 0 Å². The fraction of sp³-hybridized carbons (Fsp3) is 0.250. The summed E-state index contributed by atoms with van der Waals surface area (Å²) in [7, 11) is 0. The molecule has 1 aromatic rings. The van der Waals surface area contributed by atoms with Crippen LogP contribution in [0.5, 0.6) is 0 Å². The molecule has 104 valence electrons. The van der Waals surface area contributed by atoms with Crippen LogP contribution < -0.4 is 5.73 Å². The van der Waals surface area contributed by atoms with E-state index in [0.29, 0.717) is 0 Å². The van der Waals surface area contributed by atoms with Gasteiger partial charge in [0.2, 0.25) is 0 Å². The van der Waals surface area contributed by atoms with Gasteiger partial charge >= 0.3 is 6.18 Å². The third kappa shape index (κ3) is 3.17. The fourth-order valence-corrected chi connectivity index (χ4v) is 1.34. The Kier molecular flexibility index (Phi) is 4.09. The second-order valence-corrected chi connectivity index (χ2v) is 3.84. The highest BCUT2D eigenvalue weighted by Gasteiger charge is 2.39. The number of rotatable bonds is 4. The molecule has 2 N–H and O–H groups in total. The summed E-state index contributed by atoms with van der Waals surface area (Å²) in [6.45, 7) is 2.85. The predicted molar refractivity (Wildman–Crippen MR) is 59.5 cm³/mol. The molecule has 0 spiro atoms. The Balaban J connectivity index is 3.07. The molecule has 7 heteroatoms. The summed E-state index contributed by atoms with van der Waals surface area (Å²) in [5, 5.41) is 0. The molecule has 1 atom stereocenters. The van der Waals surface area contributed by atoms with Crippen molar-refractivity contribution in [2.24, 2.45) is 5.73 Å². The maximum atomic E-state index is 13.5. The Morgan fingerprint density at radius 3 is 2.00 bits per heavy atom. The fourth-order valence-electron chi connectivity index (χ4n) is 1.34. The number of hydrogen-bond donors (Lipinski definition) is 1. The number of carbonyl (C=O) groups excluding carboxylic acids is 1. The number of allylic oxidation sites excluding steroid dienone is 1. The standard InChI is InChI=1S/C12H10F5NO/c1-7(12(15,16)17)8-2-4-9(5-3-8)11(13,14)10(18)6-19/h2-6,10H,1,18H2/t10-/m1/s1. The maximum Gasteiger partial charge on any atom is 0.416 e. The van der Waals surface area contributed by atoms with Crippen LogP contribution >= 0.6 is 0 Å². The lowest BCUT2D eigenvalue weighted by molar-refractivity contribution is -0.118. The van der Waals surface area contributed by atoms with Gasteiger partial charge in [-0.15, -0.1) is 0 Å². The van der Waals surface area contributed by atoms with Crippen LogP contribution in [0.1, 0.15) is 11.1 Å². The molecule has 0 saturated carbocycles. The molecule has 0 aliphatic rings. The third-order valence-corrected chi connectivity index (χ3v) is 2.53. The molecule has 0 saturated heterocycles. The second-order valence-electron chi connectivity index (χ2n) is 3.84. The van der Waals surface area contributed by atoms with Crippen LogP contribution in [0.15, 0.2) is 30.8 Å². The Labute approximate surface area is 105 Å². The van der Waals surface area contributed by atoms with E-state index in [-0.39, 0.29) is 11.8 Å². The van der Waals surface area contributed by atoms with E-state index in [2.05, 4.69) is 6.58 Å². The number of benzene rings is 1. The molecule has 19 heavy (non-hydrogen) atoms. The first-order valence-electron chi connectivity index (χ1n) is 5.06. The number of aldehydes is 1. The molecule has 1 aromatic carbocycles. The summed E-state index contributed by atoms with van der Waals surface area (Å²) in [6.07, 6.45) is -4.76. The zero-order valence-electron chi connectivity index (χ0n) is 9.55. The number of nitrogens with two attached hydrogens (primary N) is 1. The van der Waals surface area contributed by atoms with E-state index in [1.165, 1.54) is 0 Å². The van der Waals surface area contributed by atoms with Crippen molar-refractivity contribution < 1.29 is 26.7 Å². The summed E-state index contributed by atoms with van der Waals surface area (Å²) in [5.74, 6) is -3.64. The molecular weight excluding hydrogens is 269 g/mol. The molecule has 0 unspecified atom stereocenters. The van der Waals surface area contributed by atoms with Crippen molar-refractivity contribution in [1.29, 1.82) is 0 Å². The van der Waals surface area contributed by atoms with Crippen molar-refractivity contribution in [3.63, 3.8) is 0 Å². The smallest absolute Gasteiger partial charge is 0.316 e. The van der Waals surface area contributed by atoms with E-state index in [1.807, 2.05) is 0 Å². The minimum Gasteiger partial charge on any atom is -0.316 e. The lowest BCUT2D eigenvalue weighted by Crippen LogP contribution is -2.39. The van der Waals surface area contributed by atoms with Crippen molar-refractivity contribution in [1.82, 2.24) is 0 Å². The summed E-state index contributed by atoms with van der Waals surface area (Å²) >= 11 is 0. The first-order valence-corrected chi connectivity index (χ1v) is 5.06. The first-order chi connectivity index (χ1) is 8.60. The maximum absolute atomic E-state index is 13.5. The minimum atomic E-state index is -4.64. The van der Waals surface area contributed by atoms with E-state index in [9.17, 15) is 26.7 Å². The zero-order chi connectivity index (χ0) is 14.8. The Bertz CT molecular complexity index is 478. The summed E-state index contributed by atoms with van der Waals surface area (Å²) in [4.78, 5) is 10.3. The number of alkyl halides is 5. The van der Waals surface area contributed by atoms with Gasteiger partial charge in [0.25, 0.3) is 5.92 Å². The lowest BCUT2D eigenvalue weighted by atomic mass is 9.99. The van der Waals surface area contributed by atoms with Gasteiger partial charge in [0, 0.05) is 5.56 Å². The Morgan fingerprint density at radius 1 is 1.16 bits per heavy atom. The van der Waals surface area contributed by atoms with E-state index in [0.717, 1.165) is 24.3 Å². The van der Waals surface area contributed by atoms with E-state index >= 15 is 0 Å². The summed E-state index contributed by atoms with van der Waals surface area (Å²) in [5.41, 5.74) is 2.84. The van der Waals surface area contributed by atoms with Gasteiger partial charge in [-0.3, -0.25) is 0 Å². The highest BCUT2D eigenvalue weighted by molar-refractivity contribution is 5.68. The van der Waals surface area contributed by atoms with Crippen LogP contribution in [-0.4, -0.2) is 18.5 Å². The molecule has 0 bridgehead atoms. The lowest BCUT2D eigenvalue weighted by Gasteiger charge is -2.20. The Hall–Kier alpha value is -1.76. The highest BCUT2D eigenvalue weighted by atomic mass is 19.4. The van der Waals surface area contributed by atoms with Gasteiger partial charge in [0.1, 0.15) is 12.3 Å². The van der Waals surface area contributed by atoms with Gasteiger partial charge in [-0.25, -0.2) is 0 Å². The average Bonchev–Trinajstić information content (AvgIpc) is 2.35. The van der Waals surface area contributed by atoms with Gasteiger partial charge in [0.05, 0.1) is 5.57 Å². The van der Waals surface area contributed by atoms with Crippen molar-refractivity contribution >= 4 is 11.9 Å². The van der Waals surface area contributed by atoms with Crippen molar-refractivity contribution in [2.45, 2.75) is 18.1 Å². The normalized spacial score (nSPS) is 14.0. The monoisotopic (exact) mass is 279 g/mol. The molecule has 0 radical (unpaired) electrons. The summed E-state index contributed by atoms with van der Waals surface area (Å²) < 4.78 is 64.0. The molecule has 0 heterocycles. The minimum absolute atomic E-state index is 0.122. The van der Waals surface area contributed by atoms with Gasteiger partial charge < -0.3 is 10.5 Å². The van der Waals surface area contributed by atoms with E-state index in [1.54, 1.807) is 0 Å². The van der Waals surface area contributed by atoms with Crippen molar-refractivity contribution in [3.05, 3.63) is 42.0 Å². The van der Waals surface area contributed by atoms with E-state index < -0.39 is 29.3 Å². The van der Waals surface area contributed by atoms with Crippen LogP contribution in [0, 0.1) is 0 Å². The van der Waals surface area contributed by atoms with Gasteiger partial charge in [0.15, 0.2) is 0 Å². The molecule has 0 fully saturated rings. The average molecular weight is 279 g/mol. The molecule has 2 nitrogen and oxygen atoms in total. The molecular formula is C12H10F5NO. The quantitative estimate of drug-likeness (QED) is 0.680. The molecule has 0 aromatic heterocycles. The number of halogens is 5. The largest absolute Gasteiger partial charge is 0.416 e. The SMILES string of the molecule is C=C(c1ccc(C(F)(F)[C@H](N)C=O)cc1)C(F)(F)F. The molecule has 0 amide bonds. The zero-order valence-corrected chi connectivity index (χ0v) is 9.55. The van der Waals surface area contributed by atoms with Crippen LogP contribution in [0.4, 0.5) is 22.0 Å². The van der Waals surface area contributed by atoms with Crippen LogP contribution in [0.25, 0.3) is 5.57 Å². The van der Waals surface area contributed by atoms with Gasteiger partial charge in [-0.05, 0) is 5.56 Å². The number of carbonyl (C=O) groups is 1. The topological polar surface area (TPSA) is 43.1 Å². The van der Waals surface area contributed by atoms with Crippen LogP contribution in [0.3, 0.4) is 0 Å². The second kappa shape index (κ2) is 5.08. The van der Waals surface area contributed by atoms with Crippen molar-refractivity contribution in [3.8, 4) is 0 Å². The Morgan fingerprint density at radius 2 is 1.63 bits per heavy atom. The molecule has 0 aliphatic carbocycles. The first kappa shape index (κ1) is 15.3. The van der Waals surface area contributed by atoms with E-state index in [4.69, 9.17) is 5.73 Å². The summed E-state index contributed by atoms with van der Waals surface area (Å²) in [6, 6.07) is 1.24. The van der Waals surface area contributed by atoms with Gasteiger partial charge in [-0.1, -0.05) is 30.8 Å². The number of hydrogen-bond acceptors (Lipinski definition) is 2. The van der Waals surface area contributed by atoms with Crippen molar-refractivity contribution in [2.75, 3.05) is 0 Å². The van der Waals surface area contributed by atoms with Crippen LogP contribution in [-0.2, 0) is 10.7 Å². The molecule has 1 rings (SSSR count).